The van der Waals surface area contributed by atoms with E-state index in [9.17, 15) is 71.2 Å². The summed E-state index contributed by atoms with van der Waals surface area (Å²) >= 11 is 0. The van der Waals surface area contributed by atoms with Crippen LogP contribution < -0.4 is 0 Å². The van der Waals surface area contributed by atoms with Crippen LogP contribution in [0.15, 0.2) is 12.2 Å². The average Bonchev–Trinajstić information content (AvgIpc) is 3.51. The highest BCUT2D eigenvalue weighted by molar-refractivity contribution is 5.77. The molecule has 23 nitrogen and oxygen atoms in total. The van der Waals surface area contributed by atoms with Gasteiger partial charge in [-0.2, -0.15) is 0 Å². The largest absolute Gasteiger partial charge is 0.432 e. The molecule has 13 N–H and O–H groups in total. The van der Waals surface area contributed by atoms with Crippen molar-refractivity contribution in [2.24, 2.45) is 28.1 Å². The second-order valence-corrected chi connectivity index (χ2v) is 21.0. The minimum atomic E-state index is -1.89. The zero-order valence-corrected chi connectivity index (χ0v) is 38.5. The van der Waals surface area contributed by atoms with Crippen LogP contribution in [0.3, 0.4) is 0 Å². The molecular weight excluding hydrogens is 908 g/mol. The van der Waals surface area contributed by atoms with E-state index in [1.165, 1.54) is 7.11 Å². The Morgan fingerprint density at radius 2 is 1.09 bits per heavy atom. The van der Waals surface area contributed by atoms with E-state index in [0.29, 0.717) is 51.4 Å². The first-order valence-corrected chi connectivity index (χ1v) is 23.8. The van der Waals surface area contributed by atoms with Gasteiger partial charge in [-0.3, -0.25) is 4.79 Å². The second kappa shape index (κ2) is 20.0. The van der Waals surface area contributed by atoms with E-state index in [4.69, 9.17) is 42.6 Å². The zero-order chi connectivity index (χ0) is 49.4. The van der Waals surface area contributed by atoms with Gasteiger partial charge in [0, 0.05) is 7.11 Å². The molecule has 4 saturated carbocycles. The van der Waals surface area contributed by atoms with Gasteiger partial charge in [-0.05, 0) is 86.5 Å². The van der Waals surface area contributed by atoms with Crippen molar-refractivity contribution in [3.8, 4) is 0 Å². The van der Waals surface area contributed by atoms with E-state index in [-0.39, 0.29) is 17.3 Å². The third-order valence-corrected chi connectivity index (χ3v) is 17.3. The van der Waals surface area contributed by atoms with Crippen molar-refractivity contribution in [2.75, 3.05) is 33.5 Å². The predicted octanol–water partition coefficient (Wildman–Crippen LogP) is -4.46. The second-order valence-electron chi connectivity index (χ2n) is 21.0. The standard InChI is InChI=1S/C45H72O23/c1-18-12-44-10-6-23-42(2,8-5-9-43(23,3)41(59)67-39-35(31(56)27(52)21(15-48)63-39)65-37-32(57)29(54)25(50)19(13-46)61-37)24(44)7-11-45(18,17-44)68-40-36(34(60-4)28(53)22(16-49)64-40)66-38-33(58)30(55)26(51)20(14-47)62-38/h19-40,46-58H,1,5-17H2,2-4H3/t19-,20-,21-,22-,23+,24+,25-,26-,27-,28-,29+,30+,31+,32-,33-,34+,35-,36-,37+,38+,39?,40+,42-,43-,44-,45+/m1/s1. The van der Waals surface area contributed by atoms with Gasteiger partial charge in [-0.25, -0.2) is 0 Å². The van der Waals surface area contributed by atoms with E-state index < -0.39 is 172 Å². The van der Waals surface area contributed by atoms with Gasteiger partial charge in [0.15, 0.2) is 25.0 Å². The minimum absolute atomic E-state index is 0.0493. The van der Waals surface area contributed by atoms with Crippen molar-refractivity contribution in [1.29, 1.82) is 0 Å². The van der Waals surface area contributed by atoms with Gasteiger partial charge in [0.1, 0.15) is 91.6 Å². The molecule has 1 spiro atoms. The molecule has 4 saturated heterocycles. The number of aliphatic hydroxyl groups excluding tert-OH is 13. The maximum atomic E-state index is 14.8. The van der Waals surface area contributed by atoms with Crippen LogP contribution in [0, 0.1) is 28.1 Å². The molecule has 4 heterocycles. The summed E-state index contributed by atoms with van der Waals surface area (Å²) < 4.78 is 53.9. The number of methoxy groups -OCH3 is 1. The predicted molar refractivity (Wildman–Crippen MR) is 224 cm³/mol. The van der Waals surface area contributed by atoms with Crippen LogP contribution in [-0.4, -0.2) is 234 Å². The van der Waals surface area contributed by atoms with Crippen LogP contribution in [-0.2, 0) is 47.4 Å². The van der Waals surface area contributed by atoms with Crippen LogP contribution in [0.2, 0.25) is 0 Å². The molecule has 1 unspecified atom stereocenters. The summed E-state index contributed by atoms with van der Waals surface area (Å²) in [5.74, 6) is -0.873. The van der Waals surface area contributed by atoms with E-state index in [0.717, 1.165) is 12.0 Å². The summed E-state index contributed by atoms with van der Waals surface area (Å²) in [4.78, 5) is 14.8. The van der Waals surface area contributed by atoms with Gasteiger partial charge in [0.25, 0.3) is 0 Å². The number of hydrogen-bond acceptors (Lipinski definition) is 23. The zero-order valence-electron chi connectivity index (χ0n) is 38.5. The lowest BCUT2D eigenvalue weighted by atomic mass is 9.41. The third-order valence-electron chi connectivity index (χ3n) is 17.3. The summed E-state index contributed by atoms with van der Waals surface area (Å²) in [7, 11) is 1.31. The Labute approximate surface area is 393 Å². The monoisotopic (exact) mass is 980 g/mol. The van der Waals surface area contributed by atoms with Gasteiger partial charge in [-0.1, -0.05) is 19.9 Å². The van der Waals surface area contributed by atoms with Crippen LogP contribution >= 0.6 is 0 Å². The molecule has 8 rings (SSSR count). The van der Waals surface area contributed by atoms with Gasteiger partial charge in [0.2, 0.25) is 6.29 Å². The Hall–Kier alpha value is -1.63. The number of carbonyl (C=O) groups is 1. The molecule has 0 radical (unpaired) electrons. The highest BCUT2D eigenvalue weighted by Gasteiger charge is 2.70. The number of hydrogen-bond donors (Lipinski definition) is 13. The van der Waals surface area contributed by atoms with Gasteiger partial charge < -0.3 is 109 Å². The molecule has 4 aliphatic heterocycles. The molecule has 0 aromatic heterocycles. The van der Waals surface area contributed by atoms with Crippen LogP contribution in [0.5, 0.6) is 0 Å². The van der Waals surface area contributed by atoms with E-state index in [1.54, 1.807) is 0 Å². The third kappa shape index (κ3) is 8.70. The van der Waals surface area contributed by atoms with Gasteiger partial charge in [0.05, 0.1) is 37.4 Å². The summed E-state index contributed by atoms with van der Waals surface area (Å²) in [6.07, 6.45) is -26.5. The number of fused-ring (bicyclic) bond motifs is 3. The molecule has 68 heavy (non-hydrogen) atoms. The van der Waals surface area contributed by atoms with Crippen molar-refractivity contribution in [3.63, 3.8) is 0 Å². The molecule has 0 amide bonds. The van der Waals surface area contributed by atoms with Gasteiger partial charge >= 0.3 is 5.97 Å². The van der Waals surface area contributed by atoms with Crippen molar-refractivity contribution in [3.05, 3.63) is 12.2 Å². The fourth-order valence-electron chi connectivity index (χ4n) is 13.7. The lowest BCUT2D eigenvalue weighted by Crippen LogP contribution is -2.66. The molecule has 26 atom stereocenters. The Bertz CT molecular complexity index is 1780. The lowest BCUT2D eigenvalue weighted by Gasteiger charge is -2.64. The van der Waals surface area contributed by atoms with Crippen LogP contribution in [0.1, 0.15) is 71.6 Å². The first kappa shape index (κ1) is 52.7. The molecule has 2 bridgehead atoms. The first-order valence-electron chi connectivity index (χ1n) is 23.8. The molecule has 0 aromatic rings. The molecular formula is C45H72O23. The van der Waals surface area contributed by atoms with Crippen LogP contribution in [0.25, 0.3) is 0 Å². The summed E-state index contributed by atoms with van der Waals surface area (Å²) in [5, 5.41) is 136. The van der Waals surface area contributed by atoms with E-state index in [2.05, 4.69) is 13.5 Å². The molecule has 4 aliphatic carbocycles. The Kier molecular flexibility index (Phi) is 15.5. The summed E-state index contributed by atoms with van der Waals surface area (Å²) in [6.45, 7) is 5.69. The number of rotatable bonds is 13. The quantitative estimate of drug-likeness (QED) is 0.0470. The van der Waals surface area contributed by atoms with Crippen molar-refractivity contribution in [2.45, 2.75) is 200 Å². The molecule has 390 valence electrons. The average molecular weight is 981 g/mol. The number of carbonyl (C=O) groups excluding carboxylic acids is 1. The highest BCUT2D eigenvalue weighted by Crippen LogP contribution is 2.74. The molecule has 0 aromatic carbocycles. The maximum Gasteiger partial charge on any atom is 0.314 e. The Morgan fingerprint density at radius 3 is 1.65 bits per heavy atom. The van der Waals surface area contributed by atoms with Crippen molar-refractivity contribution >= 4 is 5.97 Å². The Morgan fingerprint density at radius 1 is 0.588 bits per heavy atom. The first-order chi connectivity index (χ1) is 32.2. The fourth-order valence-corrected chi connectivity index (χ4v) is 13.7. The number of esters is 1. The normalized spacial score (nSPS) is 53.9. The molecule has 8 aliphatic rings. The number of aliphatic hydroxyl groups is 13. The Balaban J connectivity index is 1.01. The SMILES string of the molecule is C=C1C[C@@]23CC[C@H]4[C@@](C)(CCC[C@@]4(C)C(=O)OC4O[C@H](CO)[C@@H](O)[C@H](O)[C@H]4O[C@@H]4O[C@H](CO)[C@@H](O)[C@H](O)[C@H]4O)[C@@H]2CC[C@]1(O[C@@H]1O[C@H](CO)[C@@H](O)[C@H](OC)[C@H]1O[C@@H]1O[C@H](CO)[C@@H](O)[C@H](O)[C@H]1O)C3. The van der Waals surface area contributed by atoms with Crippen molar-refractivity contribution < 1.29 is 114 Å². The summed E-state index contributed by atoms with van der Waals surface area (Å²) in [6, 6.07) is 0. The highest BCUT2D eigenvalue weighted by atomic mass is 16.8. The maximum absolute atomic E-state index is 14.8. The molecule has 8 fully saturated rings. The van der Waals surface area contributed by atoms with Crippen molar-refractivity contribution in [1.82, 2.24) is 0 Å². The van der Waals surface area contributed by atoms with Gasteiger partial charge in [-0.15, -0.1) is 0 Å². The molecule has 23 heteroatoms. The fraction of sp³-hybridized carbons (Fsp3) is 0.933. The summed E-state index contributed by atoms with van der Waals surface area (Å²) in [5.41, 5.74) is -2.13. The van der Waals surface area contributed by atoms with Crippen LogP contribution in [0.4, 0.5) is 0 Å². The lowest BCUT2D eigenvalue weighted by molar-refractivity contribution is -0.379. The van der Waals surface area contributed by atoms with E-state index in [1.807, 2.05) is 6.92 Å². The smallest absolute Gasteiger partial charge is 0.314 e. The topological polar surface area (TPSA) is 363 Å². The minimum Gasteiger partial charge on any atom is -0.432 e. The van der Waals surface area contributed by atoms with E-state index >= 15 is 0 Å². The number of ether oxygens (including phenoxy) is 9.